The minimum atomic E-state index is -6.20. The summed E-state index contributed by atoms with van der Waals surface area (Å²) in [4.78, 5) is 32.1. The van der Waals surface area contributed by atoms with Crippen molar-refractivity contribution in [2.75, 3.05) is 6.54 Å². The van der Waals surface area contributed by atoms with Crippen LogP contribution in [0.2, 0.25) is 10.0 Å². The molecule has 1 aromatic heterocycles. The number of fused-ring (bicyclic) bond motifs is 2. The Balaban J connectivity index is 1.84. The fourth-order valence-corrected chi connectivity index (χ4v) is 6.58. The fourth-order valence-electron chi connectivity index (χ4n) is 4.95. The lowest BCUT2D eigenvalue weighted by atomic mass is 9.91. The number of hydrogen-bond acceptors (Lipinski definition) is 6. The van der Waals surface area contributed by atoms with Crippen molar-refractivity contribution in [3.8, 4) is 10.4 Å². The highest BCUT2D eigenvalue weighted by Gasteiger charge is 2.72. The lowest BCUT2D eigenvalue weighted by molar-refractivity contribution is -0.376. The van der Waals surface area contributed by atoms with Gasteiger partial charge in [-0.05, 0) is 39.5 Å². The molecule has 4 rings (SSSR count). The Kier molecular flexibility index (Phi) is 7.94. The minimum absolute atomic E-state index is 0.0745. The van der Waals surface area contributed by atoms with Gasteiger partial charge in [0.25, 0.3) is 17.4 Å². The molecule has 3 N–H and O–H groups in total. The van der Waals surface area contributed by atoms with E-state index < -0.39 is 51.0 Å². The number of aliphatic hydroxyl groups is 2. The Labute approximate surface area is 238 Å². The van der Waals surface area contributed by atoms with Crippen LogP contribution in [0.4, 0.5) is 26.3 Å². The third-order valence-electron chi connectivity index (χ3n) is 6.93. The second-order valence-electron chi connectivity index (χ2n) is 10.4. The number of nitrogens with zero attached hydrogens (tertiary/aromatic N) is 2. The van der Waals surface area contributed by atoms with E-state index in [0.717, 1.165) is 31.7 Å². The van der Waals surface area contributed by atoms with Crippen LogP contribution < -0.4 is 5.32 Å². The summed E-state index contributed by atoms with van der Waals surface area (Å²) in [6.07, 6.45) is -9.39. The van der Waals surface area contributed by atoms with E-state index >= 15 is 0 Å². The Morgan fingerprint density at radius 3 is 2.00 bits per heavy atom. The number of carbonyl (C=O) groups is 2. The second-order valence-corrected chi connectivity index (χ2v) is 12.1. The summed E-state index contributed by atoms with van der Waals surface area (Å²) in [5, 5.41) is 19.9. The molecule has 2 aliphatic heterocycles. The lowest BCUT2D eigenvalue weighted by Gasteiger charge is -2.33. The largest absolute Gasteiger partial charge is 0.430 e. The van der Waals surface area contributed by atoms with Crippen LogP contribution in [-0.4, -0.2) is 68.5 Å². The first-order valence-electron chi connectivity index (χ1n) is 12.0. The third kappa shape index (κ3) is 5.28. The van der Waals surface area contributed by atoms with E-state index in [1.807, 2.05) is 0 Å². The first-order valence-corrected chi connectivity index (χ1v) is 13.5. The molecule has 0 spiro atoms. The molecule has 0 aliphatic carbocycles. The number of amides is 2. The molecule has 2 fully saturated rings. The normalized spacial score (nSPS) is 19.9. The fraction of sp³-hybridized carbons (Fsp3) is 0.542. The molecule has 0 unspecified atom stereocenters. The van der Waals surface area contributed by atoms with Gasteiger partial charge in [0.1, 0.15) is 5.69 Å². The van der Waals surface area contributed by atoms with E-state index in [1.54, 1.807) is 4.90 Å². The maximum absolute atomic E-state index is 13.6. The van der Waals surface area contributed by atoms with Gasteiger partial charge in [-0.1, -0.05) is 35.3 Å². The number of aromatic nitrogens is 1. The topological polar surface area (TPSA) is 103 Å². The monoisotopic (exact) mass is 633 g/mol. The van der Waals surface area contributed by atoms with Crippen molar-refractivity contribution >= 4 is 46.4 Å². The van der Waals surface area contributed by atoms with Gasteiger partial charge in [0.05, 0.1) is 20.5 Å². The van der Waals surface area contributed by atoms with E-state index in [2.05, 4.69) is 10.3 Å². The van der Waals surface area contributed by atoms with Crippen molar-refractivity contribution in [2.45, 2.75) is 75.2 Å². The van der Waals surface area contributed by atoms with Gasteiger partial charge in [0.15, 0.2) is 5.01 Å². The van der Waals surface area contributed by atoms with E-state index in [4.69, 9.17) is 23.2 Å². The van der Waals surface area contributed by atoms with Crippen molar-refractivity contribution in [1.82, 2.24) is 15.2 Å². The van der Waals surface area contributed by atoms with Gasteiger partial charge in [-0.2, -0.15) is 26.3 Å². The van der Waals surface area contributed by atoms with Gasteiger partial charge < -0.3 is 20.4 Å². The Morgan fingerprint density at radius 2 is 1.52 bits per heavy atom. The standard InChI is InChI=1S/C24H23Cl2F6N3O4S/c1-21(2,38)9-33-18(36)19-34-16(20(37)35-10-3-4-11(35)6-5-10)17(40-19)12-7-8-13(15(26)14(12)25)22(39,23(27,28)29)24(30,31)32/h7-8,10-11,38-39H,3-6,9H2,1-2H3,(H,33,36). The molecule has 0 atom stereocenters. The maximum Gasteiger partial charge on any atom is 0.430 e. The van der Waals surface area contributed by atoms with Crippen LogP contribution in [0.3, 0.4) is 0 Å². The van der Waals surface area contributed by atoms with Crippen LogP contribution in [0.1, 0.15) is 65.4 Å². The van der Waals surface area contributed by atoms with Crippen LogP contribution in [0.25, 0.3) is 10.4 Å². The summed E-state index contributed by atoms with van der Waals surface area (Å²) in [5.74, 6) is -1.35. The van der Waals surface area contributed by atoms with E-state index in [9.17, 15) is 46.1 Å². The molecular weight excluding hydrogens is 611 g/mol. The van der Waals surface area contributed by atoms with Gasteiger partial charge in [0, 0.05) is 29.8 Å². The number of halogens is 8. The molecule has 2 aromatic rings. The molecule has 2 bridgehead atoms. The van der Waals surface area contributed by atoms with E-state index in [0.29, 0.717) is 17.4 Å². The Morgan fingerprint density at radius 1 is 1.00 bits per heavy atom. The van der Waals surface area contributed by atoms with Crippen molar-refractivity contribution in [3.05, 3.63) is 38.4 Å². The highest BCUT2D eigenvalue weighted by atomic mass is 35.5. The van der Waals surface area contributed by atoms with Crippen LogP contribution in [-0.2, 0) is 5.60 Å². The van der Waals surface area contributed by atoms with Crippen LogP contribution in [0.15, 0.2) is 12.1 Å². The number of hydrogen-bond donors (Lipinski definition) is 3. The van der Waals surface area contributed by atoms with Crippen LogP contribution >= 0.6 is 34.5 Å². The first kappa shape index (κ1) is 30.8. The Hall–Kier alpha value is -2.13. The maximum atomic E-state index is 13.6. The number of benzene rings is 1. The van der Waals surface area contributed by atoms with Gasteiger partial charge >= 0.3 is 12.4 Å². The van der Waals surface area contributed by atoms with E-state index in [-0.39, 0.29) is 39.8 Å². The number of rotatable bonds is 6. The predicted molar refractivity (Wildman–Crippen MR) is 134 cm³/mol. The zero-order chi connectivity index (χ0) is 30.0. The first-order chi connectivity index (χ1) is 18.3. The smallest absolute Gasteiger partial charge is 0.389 e. The highest BCUT2D eigenvalue weighted by Crippen LogP contribution is 2.54. The van der Waals surface area contributed by atoms with Gasteiger partial charge in [0.2, 0.25) is 0 Å². The number of alkyl halides is 6. The zero-order valence-corrected chi connectivity index (χ0v) is 23.2. The van der Waals surface area contributed by atoms with Crippen LogP contribution in [0.5, 0.6) is 0 Å². The summed E-state index contributed by atoms with van der Waals surface area (Å²) in [6, 6.07) is 0.934. The predicted octanol–water partition coefficient (Wildman–Crippen LogP) is 5.70. The van der Waals surface area contributed by atoms with Crippen molar-refractivity contribution < 1.29 is 46.1 Å². The summed E-state index contributed by atoms with van der Waals surface area (Å²) >= 11 is 12.7. The molecule has 40 heavy (non-hydrogen) atoms. The molecule has 1 aromatic carbocycles. The molecular formula is C24H23Cl2F6N3O4S. The number of carbonyl (C=O) groups excluding carboxylic acids is 2. The molecule has 220 valence electrons. The molecule has 16 heteroatoms. The minimum Gasteiger partial charge on any atom is -0.389 e. The average molecular weight is 634 g/mol. The molecule has 2 amide bonds. The quantitative estimate of drug-likeness (QED) is 0.354. The molecule has 2 aliphatic rings. The van der Waals surface area contributed by atoms with Gasteiger partial charge in [-0.25, -0.2) is 4.98 Å². The average Bonchev–Trinajstić information content (AvgIpc) is 3.56. The molecule has 7 nitrogen and oxygen atoms in total. The SMILES string of the molecule is CC(C)(O)CNC(=O)c1nc(C(=O)N2C3CCC2CC3)c(-c2ccc(C(O)(C(F)(F)F)C(F)(F)F)c(Cl)c2Cl)s1. The number of nitrogens with one attached hydrogen (secondary N) is 1. The summed E-state index contributed by atoms with van der Waals surface area (Å²) in [5.41, 5.74) is -8.89. The molecule has 0 saturated carbocycles. The number of thiazole rings is 1. The van der Waals surface area contributed by atoms with Gasteiger partial charge in [-0.15, -0.1) is 11.3 Å². The summed E-state index contributed by atoms with van der Waals surface area (Å²) < 4.78 is 81.0. The lowest BCUT2D eigenvalue weighted by Crippen LogP contribution is -2.54. The highest BCUT2D eigenvalue weighted by molar-refractivity contribution is 7.17. The third-order valence-corrected chi connectivity index (χ3v) is 8.90. The van der Waals surface area contributed by atoms with Crippen molar-refractivity contribution in [1.29, 1.82) is 0 Å². The molecule has 3 heterocycles. The van der Waals surface area contributed by atoms with E-state index in [1.165, 1.54) is 13.8 Å². The van der Waals surface area contributed by atoms with Crippen molar-refractivity contribution in [3.63, 3.8) is 0 Å². The Bertz CT molecular complexity index is 1310. The summed E-state index contributed by atoms with van der Waals surface area (Å²) in [7, 11) is 0. The van der Waals surface area contributed by atoms with Crippen molar-refractivity contribution in [2.24, 2.45) is 0 Å². The molecule has 2 saturated heterocycles. The zero-order valence-electron chi connectivity index (χ0n) is 20.9. The summed E-state index contributed by atoms with van der Waals surface area (Å²) in [6.45, 7) is 2.69. The molecule has 0 radical (unpaired) electrons. The van der Waals surface area contributed by atoms with Crippen LogP contribution in [0, 0.1) is 0 Å². The van der Waals surface area contributed by atoms with Gasteiger partial charge in [-0.3, -0.25) is 9.59 Å². The second kappa shape index (κ2) is 10.3.